The zero-order chi connectivity index (χ0) is 13.2. The maximum Gasteiger partial charge on any atom is 0.0548 e. The lowest BCUT2D eigenvalue weighted by Crippen LogP contribution is -1.99. The van der Waals surface area contributed by atoms with Crippen molar-refractivity contribution < 1.29 is 0 Å². The summed E-state index contributed by atoms with van der Waals surface area (Å²) in [6.07, 6.45) is 1.95. The van der Waals surface area contributed by atoms with Crippen molar-refractivity contribution in [3.63, 3.8) is 0 Å². The third-order valence-electron chi connectivity index (χ3n) is 3.03. The number of fused-ring (bicyclic) bond motifs is 1. The molecule has 2 nitrogen and oxygen atoms in total. The predicted molar refractivity (Wildman–Crippen MR) is 84.8 cm³/mol. The number of halogens is 2. The molecule has 0 radical (unpaired) electrons. The monoisotopic (exact) mass is 334 g/mol. The molecule has 0 amide bonds. The molecule has 0 bridgehead atoms. The third kappa shape index (κ3) is 2.77. The van der Waals surface area contributed by atoms with Gasteiger partial charge in [-0.05, 0) is 57.9 Å². The van der Waals surface area contributed by atoms with Gasteiger partial charge in [0.1, 0.15) is 0 Å². The van der Waals surface area contributed by atoms with E-state index in [0.29, 0.717) is 0 Å². The first-order chi connectivity index (χ1) is 9.22. The van der Waals surface area contributed by atoms with Gasteiger partial charge < -0.3 is 10.3 Å². The Hall–Kier alpha value is -1.45. The fraction of sp³-hybridized carbons (Fsp3) is 0.0667. The second kappa shape index (κ2) is 5.27. The van der Waals surface area contributed by atoms with Crippen LogP contribution in [0.1, 0.15) is 5.56 Å². The topological polar surface area (TPSA) is 27.8 Å². The minimum Gasteiger partial charge on any atom is -0.381 e. The minimum absolute atomic E-state index is 0.734. The molecule has 0 saturated heterocycles. The van der Waals surface area contributed by atoms with Gasteiger partial charge in [0.2, 0.25) is 0 Å². The van der Waals surface area contributed by atoms with Crippen molar-refractivity contribution in [2.75, 3.05) is 5.32 Å². The molecular formula is C15H12BrClN2. The fourth-order valence-corrected chi connectivity index (χ4v) is 2.56. The second-order valence-corrected chi connectivity index (χ2v) is 5.64. The highest BCUT2D eigenvalue weighted by Crippen LogP contribution is 2.24. The first-order valence-electron chi connectivity index (χ1n) is 5.97. The molecule has 1 aromatic heterocycles. The van der Waals surface area contributed by atoms with Crippen LogP contribution in [0.2, 0.25) is 5.02 Å². The number of aromatic amines is 1. The average Bonchev–Trinajstić information content (AvgIpc) is 2.87. The number of rotatable bonds is 3. The Morgan fingerprint density at radius 1 is 1.11 bits per heavy atom. The summed E-state index contributed by atoms with van der Waals surface area (Å²) >= 11 is 9.42. The quantitative estimate of drug-likeness (QED) is 0.677. The van der Waals surface area contributed by atoms with E-state index in [0.717, 1.165) is 27.2 Å². The van der Waals surface area contributed by atoms with E-state index in [2.05, 4.69) is 50.5 Å². The lowest BCUT2D eigenvalue weighted by Gasteiger charge is -2.07. The molecule has 0 aliphatic rings. The lowest BCUT2D eigenvalue weighted by molar-refractivity contribution is 1.15. The van der Waals surface area contributed by atoms with Crippen LogP contribution in [0.4, 0.5) is 5.69 Å². The van der Waals surface area contributed by atoms with Crippen LogP contribution in [-0.2, 0) is 6.54 Å². The van der Waals surface area contributed by atoms with Gasteiger partial charge in [0, 0.05) is 33.8 Å². The van der Waals surface area contributed by atoms with Crippen molar-refractivity contribution in [1.29, 1.82) is 0 Å². The lowest BCUT2D eigenvalue weighted by atomic mass is 10.2. The van der Waals surface area contributed by atoms with E-state index < -0.39 is 0 Å². The predicted octanol–water partition coefficient (Wildman–Crippen LogP) is 5.20. The number of benzene rings is 2. The Bertz CT molecular complexity index is 721. The third-order valence-corrected chi connectivity index (χ3v) is 4.25. The SMILES string of the molecule is Clc1ccc(CNc2ccc3[nH]ccc3c2)cc1Br. The molecule has 4 heteroatoms. The summed E-state index contributed by atoms with van der Waals surface area (Å²) in [5.74, 6) is 0. The molecule has 19 heavy (non-hydrogen) atoms. The van der Waals surface area contributed by atoms with Crippen LogP contribution < -0.4 is 5.32 Å². The molecule has 2 N–H and O–H groups in total. The van der Waals surface area contributed by atoms with Crippen molar-refractivity contribution in [3.05, 3.63) is 63.7 Å². The van der Waals surface area contributed by atoms with Crippen molar-refractivity contribution in [1.82, 2.24) is 4.98 Å². The maximum atomic E-state index is 5.98. The molecule has 0 aliphatic heterocycles. The van der Waals surface area contributed by atoms with Crippen molar-refractivity contribution in [2.24, 2.45) is 0 Å². The van der Waals surface area contributed by atoms with Gasteiger partial charge in [0.05, 0.1) is 5.02 Å². The van der Waals surface area contributed by atoms with Gasteiger partial charge in [0.15, 0.2) is 0 Å². The molecule has 0 fully saturated rings. The number of anilines is 1. The molecule has 1 heterocycles. The van der Waals surface area contributed by atoms with Crippen LogP contribution in [0.15, 0.2) is 53.1 Å². The van der Waals surface area contributed by atoms with E-state index in [1.807, 2.05) is 24.4 Å². The Labute approximate surface area is 124 Å². The minimum atomic E-state index is 0.734. The summed E-state index contributed by atoms with van der Waals surface area (Å²) in [6, 6.07) is 14.3. The standard InChI is InChI=1S/C15H12BrClN2/c16-13-7-10(1-3-14(13)17)9-19-12-2-4-15-11(8-12)5-6-18-15/h1-8,18-19H,9H2. The molecular weight excluding hydrogens is 324 g/mol. The van der Waals surface area contributed by atoms with Crippen molar-refractivity contribution in [3.8, 4) is 0 Å². The number of aromatic nitrogens is 1. The van der Waals surface area contributed by atoms with Crippen LogP contribution in [0.25, 0.3) is 10.9 Å². The highest BCUT2D eigenvalue weighted by Gasteiger charge is 2.00. The number of hydrogen-bond donors (Lipinski definition) is 2. The van der Waals surface area contributed by atoms with Gasteiger partial charge >= 0.3 is 0 Å². The first-order valence-corrected chi connectivity index (χ1v) is 7.14. The number of H-pyrrole nitrogens is 1. The van der Waals surface area contributed by atoms with Gasteiger partial charge in [-0.15, -0.1) is 0 Å². The van der Waals surface area contributed by atoms with Crippen LogP contribution in [0, 0.1) is 0 Å². The Morgan fingerprint density at radius 3 is 2.84 bits per heavy atom. The summed E-state index contributed by atoms with van der Waals surface area (Å²) in [5.41, 5.74) is 3.45. The molecule has 3 rings (SSSR count). The van der Waals surface area contributed by atoms with Gasteiger partial charge in [-0.1, -0.05) is 17.7 Å². The van der Waals surface area contributed by atoms with E-state index in [1.54, 1.807) is 0 Å². The molecule has 0 aliphatic carbocycles. The Kier molecular flexibility index (Phi) is 3.49. The van der Waals surface area contributed by atoms with Crippen LogP contribution in [0.3, 0.4) is 0 Å². The van der Waals surface area contributed by atoms with E-state index in [1.165, 1.54) is 10.9 Å². The average molecular weight is 336 g/mol. The fourth-order valence-electron chi connectivity index (χ4n) is 2.02. The van der Waals surface area contributed by atoms with Crippen LogP contribution in [0.5, 0.6) is 0 Å². The molecule has 0 saturated carbocycles. The zero-order valence-corrected chi connectivity index (χ0v) is 12.4. The van der Waals surface area contributed by atoms with Crippen LogP contribution >= 0.6 is 27.5 Å². The van der Waals surface area contributed by atoms with Crippen LogP contribution in [-0.4, -0.2) is 4.98 Å². The highest BCUT2D eigenvalue weighted by atomic mass is 79.9. The molecule has 0 atom stereocenters. The summed E-state index contributed by atoms with van der Waals surface area (Å²) in [6.45, 7) is 0.770. The van der Waals surface area contributed by atoms with E-state index in [-0.39, 0.29) is 0 Å². The van der Waals surface area contributed by atoms with Gasteiger partial charge in [0.25, 0.3) is 0 Å². The molecule has 2 aromatic carbocycles. The van der Waals surface area contributed by atoms with Gasteiger partial charge in [-0.25, -0.2) is 0 Å². The number of nitrogens with one attached hydrogen (secondary N) is 2. The Morgan fingerprint density at radius 2 is 2.00 bits per heavy atom. The highest BCUT2D eigenvalue weighted by molar-refractivity contribution is 9.10. The number of hydrogen-bond acceptors (Lipinski definition) is 1. The second-order valence-electron chi connectivity index (χ2n) is 4.38. The van der Waals surface area contributed by atoms with E-state index in [9.17, 15) is 0 Å². The molecule has 3 aromatic rings. The summed E-state index contributed by atoms with van der Waals surface area (Å²) < 4.78 is 0.926. The van der Waals surface area contributed by atoms with E-state index >= 15 is 0 Å². The van der Waals surface area contributed by atoms with Crippen molar-refractivity contribution >= 4 is 44.1 Å². The summed E-state index contributed by atoms with van der Waals surface area (Å²) in [7, 11) is 0. The van der Waals surface area contributed by atoms with Gasteiger partial charge in [-0.2, -0.15) is 0 Å². The molecule has 96 valence electrons. The summed E-state index contributed by atoms with van der Waals surface area (Å²) in [4.78, 5) is 3.19. The Balaban J connectivity index is 1.75. The zero-order valence-electron chi connectivity index (χ0n) is 10.1. The van der Waals surface area contributed by atoms with Gasteiger partial charge in [-0.3, -0.25) is 0 Å². The maximum absolute atomic E-state index is 5.98. The first kappa shape index (κ1) is 12.6. The van der Waals surface area contributed by atoms with Crippen molar-refractivity contribution in [2.45, 2.75) is 6.54 Å². The largest absolute Gasteiger partial charge is 0.381 e. The summed E-state index contributed by atoms with van der Waals surface area (Å²) in [5, 5.41) is 5.36. The molecule has 0 spiro atoms. The normalized spacial score (nSPS) is 10.8. The van der Waals surface area contributed by atoms with E-state index in [4.69, 9.17) is 11.6 Å². The molecule has 0 unspecified atom stereocenters. The smallest absolute Gasteiger partial charge is 0.0548 e.